The first-order chi connectivity index (χ1) is 19.5. The van der Waals surface area contributed by atoms with Gasteiger partial charge in [-0.3, -0.25) is 14.8 Å². The van der Waals surface area contributed by atoms with E-state index >= 15 is 0 Å². The zero-order chi connectivity index (χ0) is 27.7. The van der Waals surface area contributed by atoms with Gasteiger partial charge in [0.25, 0.3) is 0 Å². The predicted octanol–water partition coefficient (Wildman–Crippen LogP) is 4.79. The van der Waals surface area contributed by atoms with E-state index in [9.17, 15) is 10.5 Å². The summed E-state index contributed by atoms with van der Waals surface area (Å²) < 4.78 is 5.78. The molecule has 3 heterocycles. The summed E-state index contributed by atoms with van der Waals surface area (Å²) in [4.78, 5) is 12.0. The molecule has 3 aromatic carbocycles. The van der Waals surface area contributed by atoms with Gasteiger partial charge in [0.2, 0.25) is 0 Å². The molecule has 3 atom stereocenters. The van der Waals surface area contributed by atoms with Gasteiger partial charge in [0.15, 0.2) is 0 Å². The molecule has 0 radical (unpaired) electrons. The summed E-state index contributed by atoms with van der Waals surface area (Å²) in [6.45, 7) is 3.09. The normalized spacial score (nSPS) is 26.3. The van der Waals surface area contributed by atoms with E-state index in [0.717, 1.165) is 11.1 Å². The van der Waals surface area contributed by atoms with Crippen LogP contribution in [0.1, 0.15) is 22.6 Å². The molecule has 8 heteroatoms. The maximum Gasteiger partial charge on any atom is 0.136 e. The number of para-hydroxylation sites is 1. The third kappa shape index (κ3) is 4.17. The number of hydrogen-bond donors (Lipinski definition) is 0. The van der Waals surface area contributed by atoms with Crippen LogP contribution in [0.25, 0.3) is 0 Å². The van der Waals surface area contributed by atoms with Crippen LogP contribution >= 0.6 is 12.2 Å². The molecule has 3 aromatic rings. The molecule has 200 valence electrons. The Hall–Kier alpha value is -4.08. The van der Waals surface area contributed by atoms with Crippen molar-refractivity contribution in [2.75, 3.05) is 33.5 Å². The van der Waals surface area contributed by atoms with Crippen LogP contribution in [0.5, 0.6) is 5.75 Å². The number of nitriles is 2. The fraction of sp³-hybridized carbons (Fsp3) is 0.312. The quantitative estimate of drug-likeness (QED) is 0.412. The van der Waals surface area contributed by atoms with Gasteiger partial charge in [0.05, 0.1) is 32.6 Å². The van der Waals surface area contributed by atoms with Gasteiger partial charge in [-0.05, 0) is 17.2 Å². The second kappa shape index (κ2) is 10.5. The van der Waals surface area contributed by atoms with Gasteiger partial charge >= 0.3 is 0 Å². The molecule has 0 aliphatic carbocycles. The number of likely N-dealkylation sites (tertiary alicyclic amines) is 1. The highest BCUT2D eigenvalue weighted by atomic mass is 32.1. The maximum absolute atomic E-state index is 11.1. The minimum absolute atomic E-state index is 0.409. The minimum Gasteiger partial charge on any atom is -0.496 e. The molecule has 2 saturated heterocycles. The first-order valence-electron chi connectivity index (χ1n) is 13.4. The molecule has 0 unspecified atom stereocenters. The summed E-state index contributed by atoms with van der Waals surface area (Å²) >= 11 is 6.23. The van der Waals surface area contributed by atoms with Crippen molar-refractivity contribution in [1.29, 1.82) is 10.5 Å². The highest BCUT2D eigenvalue weighted by Crippen LogP contribution is 2.59. The van der Waals surface area contributed by atoms with Gasteiger partial charge in [-0.2, -0.15) is 10.5 Å². The monoisotopic (exact) mass is 546 g/mol. The third-order valence-electron chi connectivity index (χ3n) is 8.32. The lowest BCUT2D eigenvalue weighted by molar-refractivity contribution is 0.0515. The van der Waals surface area contributed by atoms with E-state index in [1.807, 2.05) is 65.6 Å². The van der Waals surface area contributed by atoms with Crippen LogP contribution in [0.4, 0.5) is 0 Å². The van der Waals surface area contributed by atoms with Crippen LogP contribution in [-0.4, -0.2) is 59.1 Å². The fourth-order valence-corrected chi connectivity index (χ4v) is 7.10. The van der Waals surface area contributed by atoms with Crippen molar-refractivity contribution in [3.05, 3.63) is 102 Å². The molecule has 3 aliphatic heterocycles. The van der Waals surface area contributed by atoms with Crippen LogP contribution in [0.15, 0.2) is 89.9 Å². The molecule has 0 spiro atoms. The van der Waals surface area contributed by atoms with Crippen LogP contribution in [0.3, 0.4) is 0 Å². The van der Waals surface area contributed by atoms with Crippen LogP contribution in [0.2, 0.25) is 0 Å². The summed E-state index contributed by atoms with van der Waals surface area (Å²) in [6, 6.07) is 33.5. The van der Waals surface area contributed by atoms with Crippen molar-refractivity contribution in [3.8, 4) is 17.9 Å². The van der Waals surface area contributed by atoms with Gasteiger partial charge in [0.1, 0.15) is 27.4 Å². The lowest BCUT2D eigenvalue weighted by Gasteiger charge is -2.60. The van der Waals surface area contributed by atoms with Crippen molar-refractivity contribution in [3.63, 3.8) is 0 Å². The summed E-state index contributed by atoms with van der Waals surface area (Å²) in [7, 11) is 1.63. The van der Waals surface area contributed by atoms with Gasteiger partial charge in [0, 0.05) is 37.7 Å². The third-order valence-corrected chi connectivity index (χ3v) is 8.91. The molecular formula is C32H30N6OS. The Morgan fingerprint density at radius 2 is 1.43 bits per heavy atom. The summed E-state index contributed by atoms with van der Waals surface area (Å²) in [5.74, 6) is 0.784. The first-order valence-corrected chi connectivity index (χ1v) is 13.8. The molecule has 3 aliphatic rings. The van der Waals surface area contributed by atoms with E-state index < -0.39 is 16.7 Å². The lowest BCUT2D eigenvalue weighted by atomic mass is 9.53. The molecule has 7 nitrogen and oxygen atoms in total. The number of benzene rings is 3. The van der Waals surface area contributed by atoms with Gasteiger partial charge in [-0.1, -0.05) is 91.1 Å². The molecule has 6 rings (SSSR count). The fourth-order valence-electron chi connectivity index (χ4n) is 6.73. The van der Waals surface area contributed by atoms with Crippen LogP contribution < -0.4 is 4.74 Å². The van der Waals surface area contributed by atoms with E-state index in [4.69, 9.17) is 21.9 Å². The second-order valence-electron chi connectivity index (χ2n) is 10.8. The van der Waals surface area contributed by atoms with E-state index in [2.05, 4.69) is 46.2 Å². The number of fused-ring (bicyclic) bond motifs is 4. The summed E-state index contributed by atoms with van der Waals surface area (Å²) in [5, 5.41) is 22.2. The van der Waals surface area contributed by atoms with Crippen molar-refractivity contribution in [1.82, 2.24) is 14.7 Å². The molecule has 0 saturated carbocycles. The average molecular weight is 547 g/mol. The molecule has 0 amide bonds. The number of amidine groups is 1. The number of piperidine rings is 2. The Labute approximate surface area is 240 Å². The van der Waals surface area contributed by atoms with E-state index in [1.165, 1.54) is 5.56 Å². The maximum atomic E-state index is 11.1. The summed E-state index contributed by atoms with van der Waals surface area (Å²) in [6.07, 6.45) is 0. The molecule has 0 N–H and O–H groups in total. The number of nitrogens with zero attached hydrogens (tertiary/aromatic N) is 6. The number of hydrogen-bond acceptors (Lipinski definition) is 7. The minimum atomic E-state index is -1.14. The lowest BCUT2D eigenvalue weighted by Crippen LogP contribution is -2.73. The smallest absolute Gasteiger partial charge is 0.136 e. The number of rotatable bonds is 6. The molecule has 2 bridgehead atoms. The molecule has 2 fully saturated rings. The standard InChI is InChI=1S/C32H30N6OS/c1-39-27-15-9-8-14-26(27)28-31(18-33)20-36(16-24-10-4-2-5-11-24)21-32(28,19-34)30(40)38-23-37(22-35-29(31)38)17-25-12-6-3-7-13-25/h2-15,28H,16-17,20-23H2,1H3/t28-,31-,32-/m1/s1. The number of aliphatic imine (C=N–C) groups is 1. The average Bonchev–Trinajstić information content (AvgIpc) is 3.00. The highest BCUT2D eigenvalue weighted by Gasteiger charge is 2.68. The Balaban J connectivity index is 1.48. The zero-order valence-corrected chi connectivity index (χ0v) is 23.2. The van der Waals surface area contributed by atoms with E-state index in [1.54, 1.807) is 7.11 Å². The Bertz CT molecular complexity index is 1530. The number of methoxy groups -OCH3 is 1. The SMILES string of the molecule is COc1ccccc1[C@H]1[C@@]2(C#N)CN(Cc3ccccc3)C[C@@]1(C#N)C1=NCN(Cc3ccccc3)CN1C2=S. The van der Waals surface area contributed by atoms with Gasteiger partial charge in [-0.25, -0.2) is 0 Å². The van der Waals surface area contributed by atoms with Crippen LogP contribution in [-0.2, 0) is 13.1 Å². The van der Waals surface area contributed by atoms with Crippen molar-refractivity contribution in [2.24, 2.45) is 15.8 Å². The Morgan fingerprint density at radius 3 is 2.05 bits per heavy atom. The molecular weight excluding hydrogens is 516 g/mol. The first kappa shape index (κ1) is 26.2. The zero-order valence-electron chi connectivity index (χ0n) is 22.4. The van der Waals surface area contributed by atoms with Crippen molar-refractivity contribution < 1.29 is 4.74 Å². The molecule has 40 heavy (non-hydrogen) atoms. The predicted molar refractivity (Wildman–Crippen MR) is 157 cm³/mol. The van der Waals surface area contributed by atoms with Crippen molar-refractivity contribution >= 4 is 23.0 Å². The molecule has 0 aromatic heterocycles. The van der Waals surface area contributed by atoms with Gasteiger partial charge < -0.3 is 9.64 Å². The van der Waals surface area contributed by atoms with Crippen LogP contribution in [0, 0.1) is 33.5 Å². The van der Waals surface area contributed by atoms with Crippen molar-refractivity contribution in [2.45, 2.75) is 19.0 Å². The highest BCUT2D eigenvalue weighted by molar-refractivity contribution is 7.80. The van der Waals surface area contributed by atoms with Gasteiger partial charge in [-0.15, -0.1) is 0 Å². The summed E-state index contributed by atoms with van der Waals surface area (Å²) in [5.41, 5.74) is 0.888. The Kier molecular flexibility index (Phi) is 6.85. The second-order valence-corrected chi connectivity index (χ2v) is 11.2. The van der Waals surface area contributed by atoms with E-state index in [0.29, 0.717) is 56.1 Å². The Morgan fingerprint density at radius 1 is 0.850 bits per heavy atom. The largest absolute Gasteiger partial charge is 0.496 e. The number of thiocarbonyl (C=S) groups is 1. The van der Waals surface area contributed by atoms with E-state index in [-0.39, 0.29) is 0 Å². The topological polar surface area (TPSA) is 78.9 Å². The number of ether oxygens (including phenoxy) is 1.